The quantitative estimate of drug-likeness (QED) is 0.500. The molecule has 0 saturated carbocycles. The predicted molar refractivity (Wildman–Crippen MR) is 137 cm³/mol. The molecule has 2 amide bonds. The summed E-state index contributed by atoms with van der Waals surface area (Å²) >= 11 is 3.52. The zero-order valence-corrected chi connectivity index (χ0v) is 21.5. The standard InChI is InChI=1S/C27H36BrN3O2/c1-19(2)25(30-26(33)17-21-13-15-31(16-14-21)20(3)32)18-29-27(22-7-5-4-6-8-22)23-9-11-24(28)12-10-23/h4-12,19,21,25,27,29H,13-18H2,1-3H3,(H,30,33)/t25-,27?/m1/s1. The van der Waals surface area contributed by atoms with Gasteiger partial charge in [0.25, 0.3) is 0 Å². The molecule has 5 nitrogen and oxygen atoms in total. The highest BCUT2D eigenvalue weighted by molar-refractivity contribution is 9.10. The minimum atomic E-state index is 0.0384. The molecule has 0 aromatic heterocycles. The van der Waals surface area contributed by atoms with E-state index in [1.807, 2.05) is 11.0 Å². The molecular weight excluding hydrogens is 478 g/mol. The molecule has 3 rings (SSSR count). The molecule has 178 valence electrons. The van der Waals surface area contributed by atoms with Crippen LogP contribution in [0.25, 0.3) is 0 Å². The summed E-state index contributed by atoms with van der Waals surface area (Å²) < 4.78 is 1.06. The van der Waals surface area contributed by atoms with Gasteiger partial charge in [0.15, 0.2) is 0 Å². The van der Waals surface area contributed by atoms with Crippen LogP contribution in [0, 0.1) is 11.8 Å². The van der Waals surface area contributed by atoms with Crippen LogP contribution in [0.5, 0.6) is 0 Å². The first-order valence-corrected chi connectivity index (χ1v) is 12.7. The lowest BCUT2D eigenvalue weighted by molar-refractivity contribution is -0.130. The summed E-state index contributed by atoms with van der Waals surface area (Å²) in [6, 6.07) is 18.9. The van der Waals surface area contributed by atoms with Gasteiger partial charge in [-0.1, -0.05) is 72.2 Å². The maximum absolute atomic E-state index is 12.8. The lowest BCUT2D eigenvalue weighted by Crippen LogP contribution is -2.47. The van der Waals surface area contributed by atoms with Crippen LogP contribution in [0.1, 0.15) is 57.2 Å². The molecule has 1 heterocycles. The first-order chi connectivity index (χ1) is 15.8. The Morgan fingerprint density at radius 3 is 2.18 bits per heavy atom. The molecule has 2 atom stereocenters. The second-order valence-electron chi connectivity index (χ2n) is 9.38. The summed E-state index contributed by atoms with van der Waals surface area (Å²) in [5.74, 6) is 0.892. The van der Waals surface area contributed by atoms with E-state index in [1.165, 1.54) is 11.1 Å². The van der Waals surface area contributed by atoms with Gasteiger partial charge >= 0.3 is 0 Å². The molecule has 2 N–H and O–H groups in total. The third-order valence-electron chi connectivity index (χ3n) is 6.56. The highest BCUT2D eigenvalue weighted by Crippen LogP contribution is 2.24. The Bertz CT molecular complexity index is 893. The fraction of sp³-hybridized carbons (Fsp3) is 0.481. The van der Waals surface area contributed by atoms with Gasteiger partial charge in [-0.05, 0) is 47.9 Å². The molecule has 0 spiro atoms. The molecule has 2 aromatic carbocycles. The SMILES string of the molecule is CC(=O)N1CCC(CC(=O)N[C@H](CNC(c2ccccc2)c2ccc(Br)cc2)C(C)C)CC1. The number of nitrogens with zero attached hydrogens (tertiary/aromatic N) is 1. The van der Waals surface area contributed by atoms with Gasteiger partial charge in [-0.15, -0.1) is 0 Å². The van der Waals surface area contributed by atoms with Crippen molar-refractivity contribution in [3.8, 4) is 0 Å². The van der Waals surface area contributed by atoms with E-state index in [4.69, 9.17) is 0 Å². The summed E-state index contributed by atoms with van der Waals surface area (Å²) in [4.78, 5) is 26.2. The Labute approximate surface area is 206 Å². The van der Waals surface area contributed by atoms with Gasteiger partial charge in [0, 0.05) is 43.5 Å². The number of carbonyl (C=O) groups is 2. The molecule has 33 heavy (non-hydrogen) atoms. The minimum Gasteiger partial charge on any atom is -0.352 e. The van der Waals surface area contributed by atoms with E-state index in [1.54, 1.807) is 6.92 Å². The average Bonchev–Trinajstić information content (AvgIpc) is 2.80. The normalized spacial score (nSPS) is 16.5. The molecule has 1 unspecified atom stereocenters. The van der Waals surface area contributed by atoms with Crippen molar-refractivity contribution in [1.82, 2.24) is 15.5 Å². The Hall–Kier alpha value is -2.18. The number of rotatable bonds is 9. The van der Waals surface area contributed by atoms with Gasteiger partial charge in [0.05, 0.1) is 6.04 Å². The Kier molecular flexibility index (Phi) is 9.51. The van der Waals surface area contributed by atoms with Crippen LogP contribution >= 0.6 is 15.9 Å². The lowest BCUT2D eigenvalue weighted by Gasteiger charge is -2.32. The summed E-state index contributed by atoms with van der Waals surface area (Å²) in [5.41, 5.74) is 2.39. The van der Waals surface area contributed by atoms with Crippen molar-refractivity contribution in [3.05, 3.63) is 70.2 Å². The van der Waals surface area contributed by atoms with Crippen molar-refractivity contribution in [2.45, 2.75) is 52.1 Å². The molecule has 0 bridgehead atoms. The van der Waals surface area contributed by atoms with Gasteiger partial charge in [0.2, 0.25) is 11.8 Å². The van der Waals surface area contributed by atoms with Crippen LogP contribution in [0.15, 0.2) is 59.1 Å². The molecule has 0 aliphatic carbocycles. The number of benzene rings is 2. The van der Waals surface area contributed by atoms with Gasteiger partial charge < -0.3 is 15.5 Å². The number of nitrogens with one attached hydrogen (secondary N) is 2. The van der Waals surface area contributed by atoms with Crippen LogP contribution in [0.3, 0.4) is 0 Å². The third kappa shape index (κ3) is 7.68. The Morgan fingerprint density at radius 2 is 1.61 bits per heavy atom. The maximum Gasteiger partial charge on any atom is 0.220 e. The number of hydrogen-bond donors (Lipinski definition) is 2. The number of carbonyl (C=O) groups excluding carboxylic acids is 2. The molecular formula is C27H36BrN3O2. The van der Waals surface area contributed by atoms with Crippen molar-refractivity contribution in [2.75, 3.05) is 19.6 Å². The van der Waals surface area contributed by atoms with Crippen LogP contribution in [-0.2, 0) is 9.59 Å². The third-order valence-corrected chi connectivity index (χ3v) is 7.09. The minimum absolute atomic E-state index is 0.0384. The zero-order valence-electron chi connectivity index (χ0n) is 19.9. The molecule has 1 saturated heterocycles. The smallest absolute Gasteiger partial charge is 0.220 e. The topological polar surface area (TPSA) is 61.4 Å². The van der Waals surface area contributed by atoms with Crippen LogP contribution in [0.2, 0.25) is 0 Å². The summed E-state index contributed by atoms with van der Waals surface area (Å²) in [6.45, 7) is 8.11. The number of piperidine rings is 1. The molecule has 0 radical (unpaired) electrons. The van der Waals surface area contributed by atoms with Gasteiger partial charge in [-0.3, -0.25) is 9.59 Å². The number of amides is 2. The zero-order chi connectivity index (χ0) is 23.8. The van der Waals surface area contributed by atoms with E-state index in [2.05, 4.69) is 88.9 Å². The summed E-state index contributed by atoms with van der Waals surface area (Å²) in [6.07, 6.45) is 2.33. The number of hydrogen-bond acceptors (Lipinski definition) is 3. The molecule has 1 fully saturated rings. The molecule has 2 aromatic rings. The van der Waals surface area contributed by atoms with E-state index >= 15 is 0 Å². The summed E-state index contributed by atoms with van der Waals surface area (Å²) in [7, 11) is 0. The van der Waals surface area contributed by atoms with Gasteiger partial charge in [0.1, 0.15) is 0 Å². The van der Waals surface area contributed by atoms with Crippen molar-refractivity contribution in [3.63, 3.8) is 0 Å². The van der Waals surface area contributed by atoms with Gasteiger partial charge in [-0.25, -0.2) is 0 Å². The van der Waals surface area contributed by atoms with Crippen molar-refractivity contribution in [1.29, 1.82) is 0 Å². The molecule has 1 aliphatic heterocycles. The van der Waals surface area contributed by atoms with E-state index < -0.39 is 0 Å². The fourth-order valence-electron chi connectivity index (χ4n) is 4.41. The largest absolute Gasteiger partial charge is 0.352 e. The van der Waals surface area contributed by atoms with E-state index in [0.29, 0.717) is 24.8 Å². The second kappa shape index (κ2) is 12.3. The molecule has 6 heteroatoms. The highest BCUT2D eigenvalue weighted by atomic mass is 79.9. The van der Waals surface area contributed by atoms with Crippen LogP contribution < -0.4 is 10.6 Å². The number of likely N-dealkylation sites (tertiary alicyclic amines) is 1. The second-order valence-corrected chi connectivity index (χ2v) is 10.3. The average molecular weight is 515 g/mol. The number of halogens is 1. The van der Waals surface area contributed by atoms with Crippen molar-refractivity contribution < 1.29 is 9.59 Å². The first-order valence-electron chi connectivity index (χ1n) is 11.9. The van der Waals surface area contributed by atoms with Crippen molar-refractivity contribution >= 4 is 27.7 Å². The molecule has 1 aliphatic rings. The fourth-order valence-corrected chi connectivity index (χ4v) is 4.67. The van der Waals surface area contributed by atoms with Crippen LogP contribution in [-0.4, -0.2) is 42.4 Å². The maximum atomic E-state index is 12.8. The Balaban J connectivity index is 1.60. The van der Waals surface area contributed by atoms with Crippen molar-refractivity contribution in [2.24, 2.45) is 11.8 Å². The van der Waals surface area contributed by atoms with Gasteiger partial charge in [-0.2, -0.15) is 0 Å². The van der Waals surface area contributed by atoms with E-state index in [-0.39, 0.29) is 23.9 Å². The lowest BCUT2D eigenvalue weighted by atomic mass is 9.92. The first kappa shape index (κ1) is 25.4. The Morgan fingerprint density at radius 1 is 1.00 bits per heavy atom. The summed E-state index contributed by atoms with van der Waals surface area (Å²) in [5, 5.41) is 6.98. The predicted octanol–water partition coefficient (Wildman–Crippen LogP) is 4.92. The van der Waals surface area contributed by atoms with E-state index in [0.717, 1.165) is 30.4 Å². The van der Waals surface area contributed by atoms with E-state index in [9.17, 15) is 9.59 Å². The van der Waals surface area contributed by atoms with Crippen LogP contribution in [0.4, 0.5) is 0 Å². The monoisotopic (exact) mass is 513 g/mol. The highest BCUT2D eigenvalue weighted by Gasteiger charge is 2.25.